The summed E-state index contributed by atoms with van der Waals surface area (Å²) in [5.41, 5.74) is 0. The minimum absolute atomic E-state index is 0.702. The second-order valence-corrected chi connectivity index (χ2v) is 4.48. The molecule has 0 aromatic carbocycles. The molecule has 0 bridgehead atoms. The van der Waals surface area contributed by atoms with Crippen LogP contribution in [-0.2, 0) is 7.05 Å². The number of aryl methyl sites for hydroxylation is 1. The second-order valence-electron chi connectivity index (χ2n) is 4.48. The van der Waals surface area contributed by atoms with Gasteiger partial charge in [0.05, 0.1) is 12.4 Å². The number of ether oxygens (including phenoxy) is 1. The molecule has 92 valence electrons. The van der Waals surface area contributed by atoms with Crippen LogP contribution in [0.5, 0.6) is 5.75 Å². The Hall–Kier alpha value is -1.03. The minimum Gasteiger partial charge on any atom is -0.489 e. The third-order valence-electron chi connectivity index (χ3n) is 2.36. The highest BCUT2D eigenvalue weighted by molar-refractivity contribution is 5.11. The molecule has 1 N–H and O–H groups in total. The predicted molar refractivity (Wildman–Crippen MR) is 65.6 cm³/mol. The molecule has 0 radical (unpaired) electrons. The molecule has 16 heavy (non-hydrogen) atoms. The third kappa shape index (κ3) is 5.75. The van der Waals surface area contributed by atoms with Gasteiger partial charge in [-0.1, -0.05) is 13.8 Å². The van der Waals surface area contributed by atoms with Crippen LogP contribution in [0.4, 0.5) is 0 Å². The average Bonchev–Trinajstić information content (AvgIpc) is 2.62. The van der Waals surface area contributed by atoms with E-state index in [2.05, 4.69) is 24.3 Å². The van der Waals surface area contributed by atoms with Gasteiger partial charge >= 0.3 is 0 Å². The van der Waals surface area contributed by atoms with E-state index in [4.69, 9.17) is 4.74 Å². The topological polar surface area (TPSA) is 39.1 Å². The van der Waals surface area contributed by atoms with Crippen LogP contribution >= 0.6 is 0 Å². The lowest BCUT2D eigenvalue weighted by Gasteiger charge is -2.07. The normalized spacial score (nSPS) is 11.0. The molecule has 0 unspecified atom stereocenters. The summed E-state index contributed by atoms with van der Waals surface area (Å²) in [6.07, 6.45) is 6.14. The van der Waals surface area contributed by atoms with Gasteiger partial charge in [-0.2, -0.15) is 5.10 Å². The van der Waals surface area contributed by atoms with Crippen molar-refractivity contribution < 1.29 is 4.74 Å². The van der Waals surface area contributed by atoms with Crippen molar-refractivity contribution in [3.8, 4) is 5.75 Å². The molecule has 0 saturated heterocycles. The van der Waals surface area contributed by atoms with E-state index in [-0.39, 0.29) is 0 Å². The largest absolute Gasteiger partial charge is 0.489 e. The van der Waals surface area contributed by atoms with Crippen LogP contribution in [-0.4, -0.2) is 29.5 Å². The van der Waals surface area contributed by atoms with Crippen LogP contribution in [0, 0.1) is 5.92 Å². The van der Waals surface area contributed by atoms with Crippen LogP contribution in [0.3, 0.4) is 0 Å². The molecular formula is C12H23N3O. The SMILES string of the molecule is CC(C)CCCNCCOc1cnn(C)c1. The average molecular weight is 225 g/mol. The number of aromatic nitrogens is 2. The van der Waals surface area contributed by atoms with Gasteiger partial charge in [0.15, 0.2) is 5.75 Å². The summed E-state index contributed by atoms with van der Waals surface area (Å²) in [7, 11) is 1.89. The summed E-state index contributed by atoms with van der Waals surface area (Å²) >= 11 is 0. The molecule has 0 saturated carbocycles. The molecule has 1 heterocycles. The molecule has 0 amide bonds. The number of nitrogens with zero attached hydrogens (tertiary/aromatic N) is 2. The Bertz CT molecular complexity index is 284. The van der Waals surface area contributed by atoms with Crippen LogP contribution in [0.2, 0.25) is 0 Å². The van der Waals surface area contributed by atoms with E-state index < -0.39 is 0 Å². The first kappa shape index (κ1) is 13.0. The van der Waals surface area contributed by atoms with Gasteiger partial charge < -0.3 is 10.1 Å². The van der Waals surface area contributed by atoms with Gasteiger partial charge in [0.25, 0.3) is 0 Å². The first-order valence-electron chi connectivity index (χ1n) is 6.00. The predicted octanol–water partition coefficient (Wildman–Crippen LogP) is 1.82. The summed E-state index contributed by atoms with van der Waals surface area (Å²) in [5, 5.41) is 7.40. The Kier molecular flexibility index (Phi) is 5.93. The highest BCUT2D eigenvalue weighted by Gasteiger charge is 1.96. The molecule has 4 heteroatoms. The monoisotopic (exact) mass is 225 g/mol. The number of nitrogens with one attached hydrogen (secondary N) is 1. The Labute approximate surface area is 98.0 Å². The summed E-state index contributed by atoms with van der Waals surface area (Å²) in [5.74, 6) is 1.64. The van der Waals surface area contributed by atoms with Crippen molar-refractivity contribution in [3.05, 3.63) is 12.4 Å². The van der Waals surface area contributed by atoms with E-state index in [0.29, 0.717) is 6.61 Å². The van der Waals surface area contributed by atoms with Crippen molar-refractivity contribution in [2.45, 2.75) is 26.7 Å². The van der Waals surface area contributed by atoms with Crippen LogP contribution in [0.1, 0.15) is 26.7 Å². The molecule has 0 aliphatic heterocycles. The third-order valence-corrected chi connectivity index (χ3v) is 2.36. The molecule has 0 atom stereocenters. The van der Waals surface area contributed by atoms with E-state index in [1.165, 1.54) is 12.8 Å². The lowest BCUT2D eigenvalue weighted by molar-refractivity contribution is 0.313. The molecule has 1 rings (SSSR count). The quantitative estimate of drug-likeness (QED) is 0.686. The highest BCUT2D eigenvalue weighted by Crippen LogP contribution is 2.05. The van der Waals surface area contributed by atoms with E-state index in [1.807, 2.05) is 13.2 Å². The van der Waals surface area contributed by atoms with Gasteiger partial charge in [-0.25, -0.2) is 0 Å². The summed E-state index contributed by atoms with van der Waals surface area (Å²) < 4.78 is 7.25. The zero-order chi connectivity index (χ0) is 11.8. The van der Waals surface area contributed by atoms with Gasteiger partial charge in [0.2, 0.25) is 0 Å². The van der Waals surface area contributed by atoms with Gasteiger partial charge in [0.1, 0.15) is 6.61 Å². The smallest absolute Gasteiger partial charge is 0.157 e. The highest BCUT2D eigenvalue weighted by atomic mass is 16.5. The molecule has 1 aromatic rings. The van der Waals surface area contributed by atoms with Gasteiger partial charge in [-0.3, -0.25) is 4.68 Å². The summed E-state index contributed by atoms with van der Waals surface area (Å²) in [6.45, 7) is 7.19. The Balaban J connectivity index is 1.92. The van der Waals surface area contributed by atoms with Crippen molar-refractivity contribution in [2.24, 2.45) is 13.0 Å². The van der Waals surface area contributed by atoms with Crippen LogP contribution in [0.25, 0.3) is 0 Å². The molecule has 0 fully saturated rings. The van der Waals surface area contributed by atoms with E-state index >= 15 is 0 Å². The molecule has 4 nitrogen and oxygen atoms in total. The fraction of sp³-hybridized carbons (Fsp3) is 0.750. The van der Waals surface area contributed by atoms with Crippen molar-refractivity contribution in [3.63, 3.8) is 0 Å². The molecular weight excluding hydrogens is 202 g/mol. The van der Waals surface area contributed by atoms with E-state index in [1.54, 1.807) is 10.9 Å². The fourth-order valence-corrected chi connectivity index (χ4v) is 1.47. The number of hydrogen-bond donors (Lipinski definition) is 1. The fourth-order valence-electron chi connectivity index (χ4n) is 1.47. The second kappa shape index (κ2) is 7.28. The molecule has 0 spiro atoms. The summed E-state index contributed by atoms with van der Waals surface area (Å²) in [4.78, 5) is 0. The standard InChI is InChI=1S/C12H23N3O/c1-11(2)5-4-6-13-7-8-16-12-9-14-15(3)10-12/h9-11,13H,4-8H2,1-3H3. The lowest BCUT2D eigenvalue weighted by atomic mass is 10.1. The van der Waals surface area contributed by atoms with Gasteiger partial charge in [0, 0.05) is 13.6 Å². The molecule has 0 aliphatic carbocycles. The van der Waals surface area contributed by atoms with Gasteiger partial charge in [-0.05, 0) is 25.3 Å². The van der Waals surface area contributed by atoms with Crippen molar-refractivity contribution >= 4 is 0 Å². The Morgan fingerprint density at radius 3 is 2.88 bits per heavy atom. The van der Waals surface area contributed by atoms with Crippen molar-refractivity contribution in [1.82, 2.24) is 15.1 Å². The first-order valence-corrected chi connectivity index (χ1v) is 6.00. The van der Waals surface area contributed by atoms with Gasteiger partial charge in [-0.15, -0.1) is 0 Å². The zero-order valence-electron chi connectivity index (χ0n) is 10.6. The minimum atomic E-state index is 0.702. The zero-order valence-corrected chi connectivity index (χ0v) is 10.6. The molecule has 1 aromatic heterocycles. The van der Waals surface area contributed by atoms with Crippen LogP contribution < -0.4 is 10.1 Å². The maximum atomic E-state index is 5.51. The summed E-state index contributed by atoms with van der Waals surface area (Å²) in [6, 6.07) is 0. The van der Waals surface area contributed by atoms with E-state index in [9.17, 15) is 0 Å². The maximum Gasteiger partial charge on any atom is 0.157 e. The Morgan fingerprint density at radius 2 is 2.25 bits per heavy atom. The van der Waals surface area contributed by atoms with Crippen molar-refractivity contribution in [2.75, 3.05) is 19.7 Å². The molecule has 0 aliphatic rings. The lowest BCUT2D eigenvalue weighted by Crippen LogP contribution is -2.22. The first-order chi connectivity index (χ1) is 7.68. The van der Waals surface area contributed by atoms with Crippen molar-refractivity contribution in [1.29, 1.82) is 0 Å². The number of rotatable bonds is 8. The maximum absolute atomic E-state index is 5.51. The van der Waals surface area contributed by atoms with Crippen LogP contribution in [0.15, 0.2) is 12.4 Å². The Morgan fingerprint density at radius 1 is 1.44 bits per heavy atom. The number of hydrogen-bond acceptors (Lipinski definition) is 3. The van der Waals surface area contributed by atoms with E-state index in [0.717, 1.165) is 24.8 Å².